The average Bonchev–Trinajstić information content (AvgIpc) is 3.46. The minimum absolute atomic E-state index is 0.0879. The Kier molecular flexibility index (Phi) is 5.55. The van der Waals surface area contributed by atoms with Crippen molar-refractivity contribution in [2.75, 3.05) is 13.1 Å². The van der Waals surface area contributed by atoms with Gasteiger partial charge in [0.15, 0.2) is 5.76 Å². The number of hydrogen-bond acceptors (Lipinski definition) is 4. The van der Waals surface area contributed by atoms with E-state index in [1.165, 1.54) is 5.56 Å². The monoisotopic (exact) mass is 435 g/mol. The Bertz CT molecular complexity index is 1040. The van der Waals surface area contributed by atoms with Crippen LogP contribution in [0.1, 0.15) is 36.9 Å². The Balaban J connectivity index is 1.18. The van der Waals surface area contributed by atoms with Crippen molar-refractivity contribution in [1.29, 1.82) is 0 Å². The van der Waals surface area contributed by atoms with E-state index in [-0.39, 0.29) is 11.9 Å². The molecule has 3 aromatic rings. The first-order chi connectivity index (χ1) is 15.1. The van der Waals surface area contributed by atoms with E-state index in [0.29, 0.717) is 10.8 Å². The Hall–Kier alpha value is -2.63. The largest absolute Gasteiger partial charge is 0.356 e. The van der Waals surface area contributed by atoms with Crippen molar-refractivity contribution in [3.63, 3.8) is 0 Å². The molecule has 1 aliphatic heterocycles. The van der Waals surface area contributed by atoms with E-state index in [1.54, 1.807) is 0 Å². The first-order valence-electron chi connectivity index (χ1n) is 10.9. The van der Waals surface area contributed by atoms with Crippen LogP contribution in [0.4, 0.5) is 0 Å². The molecule has 0 bridgehead atoms. The summed E-state index contributed by atoms with van der Waals surface area (Å²) in [5.41, 5.74) is 2.45. The molecule has 2 aliphatic rings. The summed E-state index contributed by atoms with van der Waals surface area (Å²) in [6, 6.07) is 20.1. The summed E-state index contributed by atoms with van der Waals surface area (Å²) < 4.78 is 5.55. The fourth-order valence-electron chi connectivity index (χ4n) is 4.38. The zero-order valence-electron chi connectivity index (χ0n) is 17.4. The second-order valence-electron chi connectivity index (χ2n) is 8.67. The second-order valence-corrected chi connectivity index (χ2v) is 9.11. The molecule has 0 spiro atoms. The number of carbonyl (C=O) groups is 1. The first-order valence-corrected chi connectivity index (χ1v) is 11.3. The summed E-state index contributed by atoms with van der Waals surface area (Å²) in [6.45, 7) is 2.97. The van der Waals surface area contributed by atoms with Gasteiger partial charge >= 0.3 is 0 Å². The van der Waals surface area contributed by atoms with Gasteiger partial charge in [-0.15, -0.1) is 0 Å². The quantitative estimate of drug-likeness (QED) is 0.603. The molecule has 5 rings (SSSR count). The molecular formula is C25H26ClN3O2. The SMILES string of the molecule is O=C(NC1CCN(Cc2ccccc2)CC1)C1(c2cc(-c3ccc(Cl)cc3)on2)CC1. The van der Waals surface area contributed by atoms with Crippen LogP contribution in [0.5, 0.6) is 0 Å². The molecule has 1 saturated heterocycles. The van der Waals surface area contributed by atoms with Gasteiger partial charge in [-0.25, -0.2) is 0 Å². The molecule has 1 amide bonds. The van der Waals surface area contributed by atoms with Gasteiger partial charge in [-0.1, -0.05) is 47.1 Å². The van der Waals surface area contributed by atoms with Crippen LogP contribution < -0.4 is 5.32 Å². The van der Waals surface area contributed by atoms with Gasteiger partial charge in [0.25, 0.3) is 0 Å². The lowest BCUT2D eigenvalue weighted by molar-refractivity contribution is -0.124. The Morgan fingerprint density at radius 1 is 1.10 bits per heavy atom. The predicted molar refractivity (Wildman–Crippen MR) is 121 cm³/mol. The maximum Gasteiger partial charge on any atom is 0.232 e. The van der Waals surface area contributed by atoms with Gasteiger partial charge in [-0.2, -0.15) is 0 Å². The number of carbonyl (C=O) groups excluding carboxylic acids is 1. The number of hydrogen-bond donors (Lipinski definition) is 1. The highest BCUT2D eigenvalue weighted by atomic mass is 35.5. The molecule has 1 aliphatic carbocycles. The summed E-state index contributed by atoms with van der Waals surface area (Å²) in [5.74, 6) is 0.755. The minimum atomic E-state index is -0.532. The maximum absolute atomic E-state index is 13.1. The van der Waals surface area contributed by atoms with Crippen LogP contribution >= 0.6 is 11.6 Å². The second kappa shape index (κ2) is 8.48. The molecule has 0 atom stereocenters. The third kappa shape index (κ3) is 4.39. The molecule has 6 heteroatoms. The first kappa shape index (κ1) is 20.3. The molecule has 1 saturated carbocycles. The molecule has 2 heterocycles. The van der Waals surface area contributed by atoms with Crippen LogP contribution in [-0.4, -0.2) is 35.1 Å². The van der Waals surface area contributed by atoms with Crippen LogP contribution in [0.2, 0.25) is 5.02 Å². The van der Waals surface area contributed by atoms with Crippen LogP contribution in [0.25, 0.3) is 11.3 Å². The van der Waals surface area contributed by atoms with E-state index in [0.717, 1.165) is 56.6 Å². The zero-order valence-corrected chi connectivity index (χ0v) is 18.1. The van der Waals surface area contributed by atoms with Gasteiger partial charge < -0.3 is 9.84 Å². The van der Waals surface area contributed by atoms with Gasteiger partial charge in [-0.05, 0) is 55.5 Å². The number of nitrogens with one attached hydrogen (secondary N) is 1. The summed E-state index contributed by atoms with van der Waals surface area (Å²) in [7, 11) is 0. The van der Waals surface area contributed by atoms with Crippen molar-refractivity contribution in [3.05, 3.63) is 76.9 Å². The lowest BCUT2D eigenvalue weighted by Crippen LogP contribution is -2.47. The molecular weight excluding hydrogens is 410 g/mol. The van der Waals surface area contributed by atoms with Crippen LogP contribution in [0.15, 0.2) is 65.2 Å². The Labute approximate surface area is 187 Å². The summed E-state index contributed by atoms with van der Waals surface area (Å²) in [4.78, 5) is 15.6. The highest BCUT2D eigenvalue weighted by Crippen LogP contribution is 2.48. The number of piperidine rings is 1. The van der Waals surface area contributed by atoms with E-state index >= 15 is 0 Å². The van der Waals surface area contributed by atoms with E-state index < -0.39 is 5.41 Å². The molecule has 160 valence electrons. The van der Waals surface area contributed by atoms with Gasteiger partial charge in [0.05, 0.1) is 11.1 Å². The number of rotatable bonds is 6. The number of amides is 1. The molecule has 1 N–H and O–H groups in total. The van der Waals surface area contributed by atoms with E-state index in [1.807, 2.05) is 36.4 Å². The predicted octanol–water partition coefficient (Wildman–Crippen LogP) is 4.81. The number of likely N-dealkylation sites (tertiary alicyclic amines) is 1. The van der Waals surface area contributed by atoms with Crippen LogP contribution in [-0.2, 0) is 16.8 Å². The normalized spacial score (nSPS) is 18.6. The lowest BCUT2D eigenvalue weighted by Gasteiger charge is -2.33. The summed E-state index contributed by atoms with van der Waals surface area (Å²) >= 11 is 5.97. The van der Waals surface area contributed by atoms with Gasteiger partial charge in [0.1, 0.15) is 0 Å². The summed E-state index contributed by atoms with van der Waals surface area (Å²) in [6.07, 6.45) is 3.59. The Morgan fingerprint density at radius 3 is 2.48 bits per heavy atom. The third-order valence-corrected chi connectivity index (χ3v) is 6.74. The molecule has 5 nitrogen and oxygen atoms in total. The van der Waals surface area contributed by atoms with Crippen molar-refractivity contribution in [1.82, 2.24) is 15.4 Å². The van der Waals surface area contributed by atoms with Crippen LogP contribution in [0.3, 0.4) is 0 Å². The zero-order chi connectivity index (χ0) is 21.3. The molecule has 1 aromatic heterocycles. The smallest absolute Gasteiger partial charge is 0.232 e. The summed E-state index contributed by atoms with van der Waals surface area (Å²) in [5, 5.41) is 8.22. The van der Waals surface area contributed by atoms with Crippen LogP contribution in [0, 0.1) is 0 Å². The van der Waals surface area contributed by atoms with E-state index in [2.05, 4.69) is 39.6 Å². The molecule has 0 unspecified atom stereocenters. The topological polar surface area (TPSA) is 58.4 Å². The Morgan fingerprint density at radius 2 is 1.81 bits per heavy atom. The van der Waals surface area contributed by atoms with Crippen molar-refractivity contribution in [3.8, 4) is 11.3 Å². The highest BCUT2D eigenvalue weighted by molar-refractivity contribution is 6.30. The molecule has 2 fully saturated rings. The number of aromatic nitrogens is 1. The van der Waals surface area contributed by atoms with Crippen molar-refractivity contribution >= 4 is 17.5 Å². The van der Waals surface area contributed by atoms with E-state index in [9.17, 15) is 4.79 Å². The number of benzene rings is 2. The van der Waals surface area contributed by atoms with Gasteiger partial charge in [0, 0.05) is 42.3 Å². The molecule has 2 aromatic carbocycles. The fourth-order valence-corrected chi connectivity index (χ4v) is 4.50. The van der Waals surface area contributed by atoms with Crippen molar-refractivity contribution < 1.29 is 9.32 Å². The molecule has 31 heavy (non-hydrogen) atoms. The maximum atomic E-state index is 13.1. The third-order valence-electron chi connectivity index (χ3n) is 6.49. The number of halogens is 1. The highest BCUT2D eigenvalue weighted by Gasteiger charge is 2.54. The van der Waals surface area contributed by atoms with Gasteiger partial charge in [0.2, 0.25) is 5.91 Å². The minimum Gasteiger partial charge on any atom is -0.356 e. The fraction of sp³-hybridized carbons (Fsp3) is 0.360. The average molecular weight is 436 g/mol. The molecule has 0 radical (unpaired) electrons. The van der Waals surface area contributed by atoms with Crippen molar-refractivity contribution in [2.45, 2.75) is 43.7 Å². The van der Waals surface area contributed by atoms with Crippen molar-refractivity contribution in [2.24, 2.45) is 0 Å². The van der Waals surface area contributed by atoms with E-state index in [4.69, 9.17) is 16.1 Å². The lowest BCUT2D eigenvalue weighted by atomic mass is 9.98. The standard InChI is InChI=1S/C25H26ClN3O2/c26-20-8-6-19(7-9-20)22-16-23(28-31-22)25(12-13-25)24(30)27-21-10-14-29(15-11-21)17-18-4-2-1-3-5-18/h1-9,16,21H,10-15,17H2,(H,27,30). The van der Waals surface area contributed by atoms with Gasteiger partial charge in [-0.3, -0.25) is 9.69 Å². The number of nitrogens with zero attached hydrogens (tertiary/aromatic N) is 2.